The van der Waals surface area contributed by atoms with Gasteiger partial charge in [0.15, 0.2) is 17.7 Å². The number of amides is 1. The van der Waals surface area contributed by atoms with Crippen molar-refractivity contribution in [3.05, 3.63) is 54.3 Å². The van der Waals surface area contributed by atoms with Crippen LogP contribution < -0.4 is 14.8 Å². The first-order valence-corrected chi connectivity index (χ1v) is 8.86. The third kappa shape index (κ3) is 4.85. The predicted molar refractivity (Wildman–Crippen MR) is 101 cm³/mol. The number of ether oxygens (including phenoxy) is 2. The molecule has 2 aromatic carbocycles. The lowest BCUT2D eigenvalue weighted by molar-refractivity contribution is -0.122. The van der Waals surface area contributed by atoms with Crippen LogP contribution >= 0.6 is 0 Å². The molecule has 0 bridgehead atoms. The number of para-hydroxylation sites is 1. The van der Waals surface area contributed by atoms with Crippen molar-refractivity contribution in [1.29, 1.82) is 0 Å². The monoisotopic (exact) mass is 385 g/mol. The van der Waals surface area contributed by atoms with Gasteiger partial charge in [0.1, 0.15) is 5.75 Å². The zero-order valence-corrected chi connectivity index (χ0v) is 15.5. The number of carbonyl (C=O) groups is 1. The molecule has 28 heavy (non-hydrogen) atoms. The molecule has 8 heteroatoms. The molecule has 0 fully saturated rings. The van der Waals surface area contributed by atoms with Gasteiger partial charge in [0, 0.05) is 5.56 Å². The van der Waals surface area contributed by atoms with E-state index in [1.165, 1.54) is 25.1 Å². The van der Waals surface area contributed by atoms with Gasteiger partial charge in [-0.1, -0.05) is 19.1 Å². The first kappa shape index (κ1) is 19.3. The Morgan fingerprint density at radius 1 is 1.21 bits per heavy atom. The second-order valence-electron chi connectivity index (χ2n) is 5.98. The van der Waals surface area contributed by atoms with E-state index in [-0.39, 0.29) is 17.6 Å². The zero-order valence-electron chi connectivity index (χ0n) is 15.5. The van der Waals surface area contributed by atoms with E-state index in [1.54, 1.807) is 30.3 Å². The number of carbonyl (C=O) groups excluding carboxylic acids is 1. The van der Waals surface area contributed by atoms with Crippen molar-refractivity contribution >= 4 is 11.9 Å². The Balaban J connectivity index is 1.60. The van der Waals surface area contributed by atoms with Crippen molar-refractivity contribution < 1.29 is 23.2 Å². The lowest BCUT2D eigenvalue weighted by atomic mass is 10.2. The summed E-state index contributed by atoms with van der Waals surface area (Å²) in [5, 5.41) is 6.22. The van der Waals surface area contributed by atoms with Crippen LogP contribution in [0.4, 0.5) is 10.3 Å². The van der Waals surface area contributed by atoms with E-state index in [0.29, 0.717) is 12.2 Å². The summed E-state index contributed by atoms with van der Waals surface area (Å²) in [6.45, 7) is 4.17. The van der Waals surface area contributed by atoms with Crippen LogP contribution in [0.2, 0.25) is 0 Å². The van der Waals surface area contributed by atoms with Gasteiger partial charge in [-0.2, -0.15) is 4.98 Å². The van der Waals surface area contributed by atoms with Gasteiger partial charge < -0.3 is 14.0 Å². The third-order valence-electron chi connectivity index (χ3n) is 3.74. The number of rotatable bonds is 8. The Bertz CT molecular complexity index is 927. The summed E-state index contributed by atoms with van der Waals surface area (Å²) in [4.78, 5) is 16.4. The maximum atomic E-state index is 13.6. The van der Waals surface area contributed by atoms with Crippen LogP contribution in [0.3, 0.4) is 0 Å². The molecular formula is C20H20FN3O4. The highest BCUT2D eigenvalue weighted by Crippen LogP contribution is 2.22. The molecule has 1 unspecified atom stereocenters. The molecule has 7 nitrogen and oxygen atoms in total. The van der Waals surface area contributed by atoms with E-state index in [4.69, 9.17) is 14.0 Å². The van der Waals surface area contributed by atoms with E-state index in [0.717, 1.165) is 12.2 Å². The van der Waals surface area contributed by atoms with Crippen LogP contribution in [-0.2, 0) is 4.79 Å². The first-order chi connectivity index (χ1) is 13.6. The smallest absolute Gasteiger partial charge is 0.270 e. The summed E-state index contributed by atoms with van der Waals surface area (Å²) in [7, 11) is 0. The van der Waals surface area contributed by atoms with Gasteiger partial charge in [0.2, 0.25) is 0 Å². The SMILES string of the molecule is CCCOc1ccc(-c2nc(NC(=O)C(C)Oc3ccccc3F)no2)cc1. The Morgan fingerprint density at radius 3 is 2.68 bits per heavy atom. The summed E-state index contributed by atoms with van der Waals surface area (Å²) >= 11 is 0. The van der Waals surface area contributed by atoms with Crippen molar-refractivity contribution in [2.24, 2.45) is 0 Å². The number of anilines is 1. The van der Waals surface area contributed by atoms with Crippen molar-refractivity contribution in [2.75, 3.05) is 11.9 Å². The molecule has 0 saturated heterocycles. The first-order valence-electron chi connectivity index (χ1n) is 8.86. The highest BCUT2D eigenvalue weighted by atomic mass is 19.1. The van der Waals surface area contributed by atoms with Crippen LogP contribution in [0, 0.1) is 5.82 Å². The van der Waals surface area contributed by atoms with E-state index in [9.17, 15) is 9.18 Å². The minimum absolute atomic E-state index is 0.00436. The summed E-state index contributed by atoms with van der Waals surface area (Å²) in [5.74, 6) is -0.0910. The van der Waals surface area contributed by atoms with Gasteiger partial charge in [-0.25, -0.2) is 4.39 Å². The topological polar surface area (TPSA) is 86.5 Å². The largest absolute Gasteiger partial charge is 0.494 e. The average Bonchev–Trinajstić information content (AvgIpc) is 3.17. The average molecular weight is 385 g/mol. The normalized spacial score (nSPS) is 11.7. The van der Waals surface area contributed by atoms with Crippen molar-refractivity contribution in [2.45, 2.75) is 26.4 Å². The highest BCUT2D eigenvalue weighted by molar-refractivity contribution is 5.92. The van der Waals surface area contributed by atoms with Gasteiger partial charge in [0.05, 0.1) is 6.61 Å². The summed E-state index contributed by atoms with van der Waals surface area (Å²) in [5.41, 5.74) is 0.688. The number of hydrogen-bond acceptors (Lipinski definition) is 6. The van der Waals surface area contributed by atoms with Crippen molar-refractivity contribution in [1.82, 2.24) is 10.1 Å². The van der Waals surface area contributed by atoms with Crippen LogP contribution in [0.5, 0.6) is 11.5 Å². The molecule has 146 valence electrons. The van der Waals surface area contributed by atoms with Gasteiger partial charge >= 0.3 is 0 Å². The Kier molecular flexibility index (Phi) is 6.21. The van der Waals surface area contributed by atoms with Gasteiger partial charge in [0.25, 0.3) is 17.7 Å². The van der Waals surface area contributed by atoms with Crippen LogP contribution in [0.15, 0.2) is 53.1 Å². The Hall–Kier alpha value is -3.42. The molecule has 1 heterocycles. The molecule has 0 aliphatic rings. The lowest BCUT2D eigenvalue weighted by Gasteiger charge is -2.13. The lowest BCUT2D eigenvalue weighted by Crippen LogP contribution is -2.30. The predicted octanol–water partition coefficient (Wildman–Crippen LogP) is 4.07. The number of benzene rings is 2. The fraction of sp³-hybridized carbons (Fsp3) is 0.250. The summed E-state index contributed by atoms with van der Waals surface area (Å²) < 4.78 is 29.6. The quantitative estimate of drug-likeness (QED) is 0.629. The van der Waals surface area contributed by atoms with Crippen molar-refractivity contribution in [3.8, 4) is 23.0 Å². The molecule has 1 N–H and O–H groups in total. The number of nitrogens with one attached hydrogen (secondary N) is 1. The highest BCUT2D eigenvalue weighted by Gasteiger charge is 2.19. The number of nitrogens with zero attached hydrogens (tertiary/aromatic N) is 2. The summed E-state index contributed by atoms with van der Waals surface area (Å²) in [6, 6.07) is 13.0. The molecule has 0 aliphatic heterocycles. The molecule has 0 spiro atoms. The number of halogens is 1. The van der Waals surface area contributed by atoms with Crippen LogP contribution in [-0.4, -0.2) is 28.8 Å². The molecular weight excluding hydrogens is 365 g/mol. The molecule has 0 radical (unpaired) electrons. The van der Waals surface area contributed by atoms with E-state index >= 15 is 0 Å². The molecule has 1 amide bonds. The maximum Gasteiger partial charge on any atom is 0.270 e. The van der Waals surface area contributed by atoms with E-state index in [1.807, 2.05) is 6.92 Å². The molecule has 1 aromatic heterocycles. The second kappa shape index (κ2) is 8.98. The maximum absolute atomic E-state index is 13.6. The van der Waals surface area contributed by atoms with Gasteiger partial charge in [-0.15, -0.1) is 0 Å². The minimum Gasteiger partial charge on any atom is -0.494 e. The second-order valence-corrected chi connectivity index (χ2v) is 5.98. The molecule has 3 rings (SSSR count). The number of hydrogen-bond donors (Lipinski definition) is 1. The molecule has 1 atom stereocenters. The van der Waals surface area contributed by atoms with Gasteiger partial charge in [-0.3, -0.25) is 10.1 Å². The molecule has 0 aliphatic carbocycles. The van der Waals surface area contributed by atoms with Crippen molar-refractivity contribution in [3.63, 3.8) is 0 Å². The fourth-order valence-electron chi connectivity index (χ4n) is 2.30. The van der Waals surface area contributed by atoms with Crippen LogP contribution in [0.25, 0.3) is 11.5 Å². The van der Waals surface area contributed by atoms with E-state index in [2.05, 4.69) is 15.5 Å². The Labute approximate surface area is 161 Å². The summed E-state index contributed by atoms with van der Waals surface area (Å²) in [6.07, 6.45) is -0.0260. The number of aromatic nitrogens is 2. The van der Waals surface area contributed by atoms with E-state index < -0.39 is 17.8 Å². The molecule has 0 saturated carbocycles. The van der Waals surface area contributed by atoms with Gasteiger partial charge in [-0.05, 0) is 54.9 Å². The Morgan fingerprint density at radius 2 is 1.96 bits per heavy atom. The van der Waals surface area contributed by atoms with Crippen LogP contribution in [0.1, 0.15) is 20.3 Å². The zero-order chi connectivity index (χ0) is 19.9. The fourth-order valence-corrected chi connectivity index (χ4v) is 2.30. The standard InChI is InChI=1S/C20H20FN3O4/c1-3-12-26-15-10-8-14(9-11-15)19-23-20(24-28-19)22-18(25)13(2)27-17-7-5-4-6-16(17)21/h4-11,13H,3,12H2,1-2H3,(H,22,24,25). The third-order valence-corrected chi connectivity index (χ3v) is 3.74. The molecule has 3 aromatic rings. The minimum atomic E-state index is -0.950.